The van der Waals surface area contributed by atoms with Crippen LogP contribution in [0.4, 0.5) is 0 Å². The number of allylic oxidation sites excluding steroid dienone is 2. The summed E-state index contributed by atoms with van der Waals surface area (Å²) in [7, 11) is 5.88. The Kier molecular flexibility index (Phi) is 11.4. The van der Waals surface area contributed by atoms with E-state index >= 15 is 0 Å². The summed E-state index contributed by atoms with van der Waals surface area (Å²) in [6.45, 7) is 8.67. The van der Waals surface area contributed by atoms with Crippen molar-refractivity contribution in [1.82, 2.24) is 0 Å². The molecule has 88 valence electrons. The largest absolute Gasteiger partial charge is 0.0905 e. The summed E-state index contributed by atoms with van der Waals surface area (Å²) in [6.07, 6.45) is 11.3. The van der Waals surface area contributed by atoms with Crippen LogP contribution in [-0.2, 0) is 0 Å². The Balaban J connectivity index is 3.74. The molecule has 0 amide bonds. The lowest BCUT2D eigenvalue weighted by Crippen LogP contribution is -1.94. The molecule has 0 aromatic carbocycles. The quantitative estimate of drug-likeness (QED) is 0.405. The van der Waals surface area contributed by atoms with Crippen molar-refractivity contribution in [2.24, 2.45) is 0 Å². The highest BCUT2D eigenvalue weighted by Crippen LogP contribution is 2.42. The zero-order chi connectivity index (χ0) is 11.5. The minimum Gasteiger partial charge on any atom is -0.0905 e. The summed E-state index contributed by atoms with van der Waals surface area (Å²) in [5, 5.41) is 1.33. The maximum absolute atomic E-state index is 2.29. The normalized spacial score (nSPS) is 16.3. The van der Waals surface area contributed by atoms with Crippen molar-refractivity contribution in [1.29, 1.82) is 0 Å². The first-order valence-corrected chi connectivity index (χ1v) is 9.13. The summed E-state index contributed by atoms with van der Waals surface area (Å²) in [5.41, 5.74) is 0. The van der Waals surface area contributed by atoms with Gasteiger partial charge in [-0.25, -0.2) is 0 Å². The zero-order valence-electron chi connectivity index (χ0n) is 10.1. The summed E-state index contributed by atoms with van der Waals surface area (Å²) in [4.78, 5) is 0. The molecule has 0 saturated heterocycles. The molecule has 0 aliphatic heterocycles. The molecule has 0 bridgehead atoms. The van der Waals surface area contributed by atoms with Crippen LogP contribution in [0.25, 0.3) is 0 Å². The van der Waals surface area contributed by atoms with E-state index in [1.165, 1.54) is 12.8 Å². The molecule has 0 spiro atoms. The summed E-state index contributed by atoms with van der Waals surface area (Å²) in [6, 6.07) is 0. The molecule has 0 N–H and O–H groups in total. The predicted molar refractivity (Wildman–Crippen MR) is 80.6 cm³/mol. The number of hydrogen-bond acceptors (Lipinski definition) is 3. The summed E-state index contributed by atoms with van der Waals surface area (Å²) in [5.74, 6) is 0. The van der Waals surface area contributed by atoms with Crippen molar-refractivity contribution < 1.29 is 0 Å². The molecule has 0 heterocycles. The van der Waals surface area contributed by atoms with Gasteiger partial charge >= 0.3 is 0 Å². The van der Waals surface area contributed by atoms with E-state index < -0.39 is 0 Å². The highest BCUT2D eigenvalue weighted by atomic mass is 33.5. The van der Waals surface area contributed by atoms with E-state index in [0.717, 1.165) is 0 Å². The maximum atomic E-state index is 2.29. The predicted octanol–water partition coefficient (Wildman–Crippen LogP) is 5.73. The van der Waals surface area contributed by atoms with Crippen LogP contribution in [-0.4, -0.2) is 10.5 Å². The summed E-state index contributed by atoms with van der Waals surface area (Å²) < 4.78 is 0. The van der Waals surface area contributed by atoms with Crippen molar-refractivity contribution in [3.8, 4) is 0 Å². The van der Waals surface area contributed by atoms with Crippen molar-refractivity contribution >= 4 is 31.4 Å². The van der Waals surface area contributed by atoms with E-state index in [1.54, 1.807) is 0 Å². The van der Waals surface area contributed by atoms with Gasteiger partial charge in [0.2, 0.25) is 0 Å². The van der Waals surface area contributed by atoms with Gasteiger partial charge in [0.15, 0.2) is 0 Å². The second kappa shape index (κ2) is 11.0. The van der Waals surface area contributed by atoms with E-state index in [-0.39, 0.29) is 0 Å². The Morgan fingerprint density at radius 2 is 1.27 bits per heavy atom. The SMILES string of the molecule is C/C=C/C(CC)SSSC(/C=C/C)CC. The van der Waals surface area contributed by atoms with Crippen LogP contribution in [0, 0.1) is 0 Å². The van der Waals surface area contributed by atoms with Gasteiger partial charge in [0.05, 0.1) is 0 Å². The topological polar surface area (TPSA) is 0 Å². The van der Waals surface area contributed by atoms with Crippen LogP contribution in [0.2, 0.25) is 0 Å². The molecule has 3 heteroatoms. The third-order valence-corrected chi connectivity index (χ3v) is 6.95. The van der Waals surface area contributed by atoms with Crippen LogP contribution in [0.3, 0.4) is 0 Å². The Labute approximate surface area is 107 Å². The molecule has 0 radical (unpaired) electrons. The van der Waals surface area contributed by atoms with Gasteiger partial charge in [0.25, 0.3) is 0 Å². The molecule has 0 aliphatic rings. The van der Waals surface area contributed by atoms with Crippen LogP contribution >= 0.6 is 31.4 Å². The van der Waals surface area contributed by atoms with Crippen LogP contribution in [0.1, 0.15) is 40.5 Å². The van der Waals surface area contributed by atoms with Crippen LogP contribution < -0.4 is 0 Å². The van der Waals surface area contributed by atoms with Crippen molar-refractivity contribution in [2.75, 3.05) is 0 Å². The van der Waals surface area contributed by atoms with E-state index in [9.17, 15) is 0 Å². The first kappa shape index (κ1) is 15.5. The maximum Gasteiger partial charge on any atom is 0.0336 e. The number of hydrogen-bond donors (Lipinski definition) is 0. The van der Waals surface area contributed by atoms with E-state index in [1.807, 2.05) is 31.4 Å². The fourth-order valence-electron chi connectivity index (χ4n) is 1.03. The second-order valence-electron chi connectivity index (χ2n) is 3.21. The molecule has 0 aromatic rings. The molecule has 0 nitrogen and oxygen atoms in total. The molecular formula is C12H22S3. The molecule has 15 heavy (non-hydrogen) atoms. The Hall–Kier alpha value is 0.530. The Bertz CT molecular complexity index is 167. The minimum absolute atomic E-state index is 0.663. The van der Waals surface area contributed by atoms with Crippen molar-refractivity contribution in [3.63, 3.8) is 0 Å². The van der Waals surface area contributed by atoms with E-state index in [4.69, 9.17) is 0 Å². The van der Waals surface area contributed by atoms with Crippen molar-refractivity contribution in [2.45, 2.75) is 51.0 Å². The summed E-state index contributed by atoms with van der Waals surface area (Å²) >= 11 is 0. The molecule has 0 saturated carbocycles. The van der Waals surface area contributed by atoms with Gasteiger partial charge in [-0.3, -0.25) is 0 Å². The standard InChI is InChI=1S/C12H22S3/c1-5-9-11(7-3)13-15-14-12(8-4)10-6-2/h5-6,9-12H,7-8H2,1-4H3/b9-5+,10-6+. The van der Waals surface area contributed by atoms with Crippen molar-refractivity contribution in [3.05, 3.63) is 24.3 Å². The molecule has 2 unspecified atom stereocenters. The van der Waals surface area contributed by atoms with E-state index in [2.05, 4.69) is 52.0 Å². The Morgan fingerprint density at radius 1 is 0.867 bits per heavy atom. The smallest absolute Gasteiger partial charge is 0.0336 e. The lowest BCUT2D eigenvalue weighted by Gasteiger charge is -2.11. The average molecular weight is 263 g/mol. The Morgan fingerprint density at radius 3 is 1.53 bits per heavy atom. The lowest BCUT2D eigenvalue weighted by molar-refractivity contribution is 0.980. The van der Waals surface area contributed by atoms with Gasteiger partial charge in [-0.2, -0.15) is 0 Å². The second-order valence-corrected chi connectivity index (χ2v) is 7.73. The first-order chi connectivity index (χ1) is 7.28. The molecular weight excluding hydrogens is 240 g/mol. The average Bonchev–Trinajstić information content (AvgIpc) is 2.26. The molecule has 0 fully saturated rings. The van der Waals surface area contributed by atoms with Gasteiger partial charge < -0.3 is 0 Å². The van der Waals surface area contributed by atoms with Gasteiger partial charge in [-0.05, 0) is 36.5 Å². The van der Waals surface area contributed by atoms with Crippen LogP contribution in [0.15, 0.2) is 24.3 Å². The fourth-order valence-corrected chi connectivity index (χ4v) is 6.15. The highest BCUT2D eigenvalue weighted by Gasteiger charge is 2.06. The third-order valence-electron chi connectivity index (χ3n) is 1.94. The molecule has 0 aliphatic carbocycles. The van der Waals surface area contributed by atoms with E-state index in [0.29, 0.717) is 10.5 Å². The van der Waals surface area contributed by atoms with Crippen LogP contribution in [0.5, 0.6) is 0 Å². The fraction of sp³-hybridized carbons (Fsp3) is 0.667. The number of rotatable bonds is 8. The van der Waals surface area contributed by atoms with Gasteiger partial charge in [0.1, 0.15) is 0 Å². The molecule has 0 rings (SSSR count). The monoisotopic (exact) mass is 262 g/mol. The lowest BCUT2D eigenvalue weighted by atomic mass is 10.3. The van der Waals surface area contributed by atoms with Gasteiger partial charge in [-0.1, -0.05) is 59.7 Å². The molecule has 2 atom stereocenters. The van der Waals surface area contributed by atoms with Gasteiger partial charge in [-0.15, -0.1) is 0 Å². The highest BCUT2D eigenvalue weighted by molar-refractivity contribution is 9.09. The first-order valence-electron chi connectivity index (χ1n) is 5.52. The zero-order valence-corrected chi connectivity index (χ0v) is 12.6. The van der Waals surface area contributed by atoms with Gasteiger partial charge in [0, 0.05) is 10.5 Å². The third kappa shape index (κ3) is 8.35. The minimum atomic E-state index is 0.663. The molecule has 0 aromatic heterocycles.